The van der Waals surface area contributed by atoms with Crippen molar-refractivity contribution in [3.8, 4) is 5.75 Å². The maximum atomic E-state index is 12.6. The smallest absolute Gasteiger partial charge is 0.253 e. The standard InChI is InChI=1S/C17H19ClN6O3/c18-12-2-1-9(17(26)24-4-3-11(25)7-24)5-10(12)8-27-13-6-14(19)20-16-15(13)21-23-22-16/h1-2,5-6,11,21,23,25H,3-4,7-8H2,(H3,19,20,22). The molecule has 2 aliphatic heterocycles. The molecule has 2 aliphatic rings. The van der Waals surface area contributed by atoms with Crippen LogP contribution in [0.2, 0.25) is 5.02 Å². The topological polar surface area (TPSA) is 125 Å². The fourth-order valence-corrected chi connectivity index (χ4v) is 3.27. The van der Waals surface area contributed by atoms with Gasteiger partial charge in [0.15, 0.2) is 11.6 Å². The number of nitrogens with zero attached hydrogens (tertiary/aromatic N) is 2. The van der Waals surface area contributed by atoms with E-state index < -0.39 is 6.10 Å². The minimum Gasteiger partial charge on any atom is -0.486 e. The lowest BCUT2D eigenvalue weighted by Gasteiger charge is -2.17. The van der Waals surface area contributed by atoms with Crippen LogP contribution in [-0.4, -0.2) is 40.1 Å². The first-order valence-electron chi connectivity index (χ1n) is 8.47. The Morgan fingerprint density at radius 1 is 1.41 bits per heavy atom. The van der Waals surface area contributed by atoms with Crippen LogP contribution in [-0.2, 0) is 6.61 Å². The lowest BCUT2D eigenvalue weighted by molar-refractivity contribution is 0.0765. The van der Waals surface area contributed by atoms with Gasteiger partial charge in [-0.05, 0) is 24.6 Å². The third-order valence-corrected chi connectivity index (χ3v) is 4.87. The van der Waals surface area contributed by atoms with Crippen LogP contribution >= 0.6 is 11.6 Å². The highest BCUT2D eigenvalue weighted by atomic mass is 35.5. The number of hydrogen-bond donors (Lipinski definition) is 5. The summed E-state index contributed by atoms with van der Waals surface area (Å²) in [6.07, 6.45) is 0.136. The van der Waals surface area contributed by atoms with Crippen molar-refractivity contribution in [2.24, 2.45) is 0 Å². The maximum absolute atomic E-state index is 12.6. The number of nitrogen functional groups attached to an aromatic ring is 1. The van der Waals surface area contributed by atoms with E-state index in [-0.39, 0.29) is 12.5 Å². The van der Waals surface area contributed by atoms with Crippen LogP contribution in [0.4, 0.5) is 17.3 Å². The first kappa shape index (κ1) is 17.7. The SMILES string of the molecule is Nc1cc(OCc2cc(C(=O)N3CCC(O)C3)ccc2Cl)c2c(n1)NNN2. The molecule has 1 unspecified atom stereocenters. The largest absolute Gasteiger partial charge is 0.486 e. The average Bonchev–Trinajstić information content (AvgIpc) is 3.29. The lowest BCUT2D eigenvalue weighted by atomic mass is 10.1. The molecule has 10 heteroatoms. The van der Waals surface area contributed by atoms with Crippen LogP contribution < -0.4 is 26.9 Å². The number of likely N-dealkylation sites (tertiary alicyclic amines) is 1. The molecule has 1 fully saturated rings. The van der Waals surface area contributed by atoms with Crippen LogP contribution in [0.1, 0.15) is 22.3 Å². The van der Waals surface area contributed by atoms with Crippen LogP contribution in [0.5, 0.6) is 5.75 Å². The summed E-state index contributed by atoms with van der Waals surface area (Å²) in [5, 5.41) is 10.1. The number of pyridine rings is 1. The van der Waals surface area contributed by atoms with Gasteiger partial charge in [-0.15, -0.1) is 5.53 Å². The molecular weight excluding hydrogens is 372 g/mol. The molecule has 9 nitrogen and oxygen atoms in total. The predicted octanol–water partition coefficient (Wildman–Crippen LogP) is 1.36. The average molecular weight is 391 g/mol. The summed E-state index contributed by atoms with van der Waals surface area (Å²) in [6.45, 7) is 1.05. The van der Waals surface area contributed by atoms with Crippen molar-refractivity contribution in [2.45, 2.75) is 19.1 Å². The van der Waals surface area contributed by atoms with Gasteiger partial charge >= 0.3 is 0 Å². The van der Waals surface area contributed by atoms with E-state index in [9.17, 15) is 9.90 Å². The molecule has 0 spiro atoms. The third-order valence-electron chi connectivity index (χ3n) is 4.50. The number of nitrogens with two attached hydrogens (primary N) is 1. The normalized spacial score (nSPS) is 18.0. The second kappa shape index (κ2) is 7.10. The minimum absolute atomic E-state index is 0.131. The van der Waals surface area contributed by atoms with Gasteiger partial charge in [0, 0.05) is 35.3 Å². The Balaban J connectivity index is 1.52. The number of nitrogens with one attached hydrogen (secondary N) is 3. The van der Waals surface area contributed by atoms with Gasteiger partial charge in [0.2, 0.25) is 0 Å². The number of β-amino-alcohol motifs (C(OH)–C–C–N with tert-alkyl or cyclic N) is 1. The molecule has 3 heterocycles. The molecule has 142 valence electrons. The number of benzene rings is 1. The van der Waals surface area contributed by atoms with Crippen molar-refractivity contribution >= 4 is 34.8 Å². The Bertz CT molecular complexity index is 893. The molecule has 0 radical (unpaired) electrons. The number of hydrogen-bond acceptors (Lipinski definition) is 8. The fourth-order valence-electron chi connectivity index (χ4n) is 3.10. The van der Waals surface area contributed by atoms with Gasteiger partial charge < -0.3 is 20.5 Å². The predicted molar refractivity (Wildman–Crippen MR) is 101 cm³/mol. The maximum Gasteiger partial charge on any atom is 0.253 e. The van der Waals surface area contributed by atoms with E-state index in [4.69, 9.17) is 22.1 Å². The summed E-state index contributed by atoms with van der Waals surface area (Å²) in [7, 11) is 0. The highest BCUT2D eigenvalue weighted by molar-refractivity contribution is 6.31. The van der Waals surface area contributed by atoms with E-state index in [1.54, 1.807) is 29.2 Å². The van der Waals surface area contributed by atoms with Crippen molar-refractivity contribution < 1.29 is 14.6 Å². The van der Waals surface area contributed by atoms with Crippen LogP contribution in [0.25, 0.3) is 0 Å². The van der Waals surface area contributed by atoms with Gasteiger partial charge in [-0.3, -0.25) is 15.6 Å². The zero-order chi connectivity index (χ0) is 19.0. The molecule has 4 rings (SSSR count). The van der Waals surface area contributed by atoms with E-state index in [1.807, 2.05) is 0 Å². The van der Waals surface area contributed by atoms with E-state index in [2.05, 4.69) is 21.4 Å². The molecule has 0 aliphatic carbocycles. The lowest BCUT2D eigenvalue weighted by Crippen LogP contribution is -2.29. The first-order valence-corrected chi connectivity index (χ1v) is 8.85. The number of amides is 1. The summed E-state index contributed by atoms with van der Waals surface area (Å²) < 4.78 is 5.86. The number of ether oxygens (including phenoxy) is 1. The number of anilines is 3. The number of fused-ring (bicyclic) bond motifs is 1. The molecule has 1 saturated heterocycles. The number of aliphatic hydroxyl groups is 1. The van der Waals surface area contributed by atoms with E-state index >= 15 is 0 Å². The van der Waals surface area contributed by atoms with Crippen LogP contribution in [0, 0.1) is 0 Å². The summed E-state index contributed by atoms with van der Waals surface area (Å²) >= 11 is 6.28. The minimum atomic E-state index is -0.460. The first-order chi connectivity index (χ1) is 13.0. The van der Waals surface area contributed by atoms with Gasteiger partial charge in [0.25, 0.3) is 5.91 Å². The number of rotatable bonds is 4. The number of halogens is 1. The Morgan fingerprint density at radius 2 is 2.26 bits per heavy atom. The molecule has 0 saturated carbocycles. The van der Waals surface area contributed by atoms with Crippen LogP contribution in [0.3, 0.4) is 0 Å². The number of carbonyl (C=O) groups is 1. The molecule has 1 atom stereocenters. The molecule has 2 aromatic rings. The Morgan fingerprint density at radius 3 is 3.04 bits per heavy atom. The monoisotopic (exact) mass is 390 g/mol. The number of carbonyl (C=O) groups excluding carboxylic acids is 1. The second-order valence-electron chi connectivity index (χ2n) is 6.43. The highest BCUT2D eigenvalue weighted by Gasteiger charge is 2.26. The number of aromatic nitrogens is 1. The fraction of sp³-hybridized carbons (Fsp3) is 0.294. The summed E-state index contributed by atoms with van der Waals surface area (Å²) in [5.41, 5.74) is 16.1. The van der Waals surface area contributed by atoms with Crippen molar-refractivity contribution in [3.05, 3.63) is 40.4 Å². The van der Waals surface area contributed by atoms with Gasteiger partial charge in [-0.25, -0.2) is 4.98 Å². The zero-order valence-electron chi connectivity index (χ0n) is 14.3. The van der Waals surface area contributed by atoms with Gasteiger partial charge in [0.1, 0.15) is 18.1 Å². The Hall–Kier alpha value is -2.75. The molecule has 1 amide bonds. The molecule has 27 heavy (non-hydrogen) atoms. The number of hydrazine groups is 2. The van der Waals surface area contributed by atoms with E-state index in [0.29, 0.717) is 58.7 Å². The van der Waals surface area contributed by atoms with E-state index in [0.717, 1.165) is 0 Å². The zero-order valence-corrected chi connectivity index (χ0v) is 15.1. The number of aliphatic hydroxyl groups excluding tert-OH is 1. The molecule has 1 aromatic carbocycles. The van der Waals surface area contributed by atoms with Crippen molar-refractivity contribution in [1.29, 1.82) is 0 Å². The van der Waals surface area contributed by atoms with Crippen molar-refractivity contribution in [2.75, 3.05) is 29.7 Å². The van der Waals surface area contributed by atoms with Crippen molar-refractivity contribution in [3.63, 3.8) is 0 Å². The summed E-state index contributed by atoms with van der Waals surface area (Å²) in [6, 6.07) is 6.67. The van der Waals surface area contributed by atoms with Crippen LogP contribution in [0.15, 0.2) is 24.3 Å². The van der Waals surface area contributed by atoms with Gasteiger partial charge in [-0.1, -0.05) is 11.6 Å². The Labute approximate surface area is 160 Å². The molecule has 6 N–H and O–H groups in total. The third kappa shape index (κ3) is 3.57. The molecular formula is C17H19ClN6O3. The second-order valence-corrected chi connectivity index (χ2v) is 6.84. The van der Waals surface area contributed by atoms with E-state index in [1.165, 1.54) is 0 Å². The summed E-state index contributed by atoms with van der Waals surface area (Å²) in [5.74, 6) is 1.22. The summed E-state index contributed by atoms with van der Waals surface area (Å²) in [4.78, 5) is 18.4. The Kier molecular flexibility index (Phi) is 4.65. The molecule has 0 bridgehead atoms. The van der Waals surface area contributed by atoms with Gasteiger partial charge in [0.05, 0.1) is 6.10 Å². The van der Waals surface area contributed by atoms with Crippen molar-refractivity contribution in [1.82, 2.24) is 15.4 Å². The quantitative estimate of drug-likeness (QED) is 0.530. The van der Waals surface area contributed by atoms with Gasteiger partial charge in [-0.2, -0.15) is 0 Å². The molecule has 1 aromatic heterocycles. The highest BCUT2D eigenvalue weighted by Crippen LogP contribution is 2.35.